The minimum absolute atomic E-state index is 1.07. The Bertz CT molecular complexity index is 201. The molecule has 2 heteroatoms. The molecule has 2 rings (SSSR count). The van der Waals surface area contributed by atoms with Gasteiger partial charge in [-0.2, -0.15) is 0 Å². The van der Waals surface area contributed by atoms with Gasteiger partial charge in [0.05, 0.1) is 6.26 Å². The summed E-state index contributed by atoms with van der Waals surface area (Å²) in [4.78, 5) is 3.90. The Hall–Kier alpha value is -1.05. The Balaban J connectivity index is 2.49. The second-order valence-electron chi connectivity index (χ2n) is 1.69. The zero-order valence-electron chi connectivity index (χ0n) is 4.16. The first kappa shape index (κ1) is 3.89. The molecular weight excluding hydrogens is 102 g/mol. The van der Waals surface area contributed by atoms with Crippen LogP contribution in [0, 0.1) is 6.61 Å². The maximum Gasteiger partial charge on any atom is 0.166 e. The minimum atomic E-state index is 1.07. The summed E-state index contributed by atoms with van der Waals surface area (Å²) in [6.45, 7) is 1.68. The summed E-state index contributed by atoms with van der Waals surface area (Å²) in [5.41, 5.74) is 2.15. The molecule has 0 saturated carbocycles. The molecule has 0 aliphatic carbocycles. The number of rotatable bonds is 0. The van der Waals surface area contributed by atoms with Gasteiger partial charge in [0.15, 0.2) is 6.61 Å². The first-order valence-electron chi connectivity index (χ1n) is 2.39. The Morgan fingerprint density at radius 1 is 1.38 bits per heavy atom. The van der Waals surface area contributed by atoms with Gasteiger partial charge in [0.25, 0.3) is 0 Å². The second-order valence-corrected chi connectivity index (χ2v) is 1.69. The SMILES string of the molecule is [CH]1OC=C2C=NC=C12. The lowest BCUT2D eigenvalue weighted by Crippen LogP contribution is -1.75. The Morgan fingerprint density at radius 2 is 2.38 bits per heavy atom. The van der Waals surface area contributed by atoms with Gasteiger partial charge in [-0.05, 0) is 0 Å². The van der Waals surface area contributed by atoms with Crippen LogP contribution in [-0.4, -0.2) is 6.21 Å². The highest BCUT2D eigenvalue weighted by Crippen LogP contribution is 2.23. The van der Waals surface area contributed by atoms with Crippen molar-refractivity contribution in [2.45, 2.75) is 0 Å². The number of ether oxygens (including phenoxy) is 1. The smallest absolute Gasteiger partial charge is 0.166 e. The van der Waals surface area contributed by atoms with Crippen molar-refractivity contribution in [1.82, 2.24) is 0 Å². The third kappa shape index (κ3) is 0.346. The van der Waals surface area contributed by atoms with E-state index in [1.807, 2.05) is 0 Å². The molecule has 2 heterocycles. The van der Waals surface area contributed by atoms with E-state index >= 15 is 0 Å². The van der Waals surface area contributed by atoms with Crippen molar-refractivity contribution in [3.63, 3.8) is 0 Å². The summed E-state index contributed by atoms with van der Waals surface area (Å²) < 4.78 is 4.86. The molecule has 2 aliphatic rings. The molecule has 2 aliphatic heterocycles. The molecule has 0 atom stereocenters. The van der Waals surface area contributed by atoms with E-state index in [2.05, 4.69) is 4.99 Å². The van der Waals surface area contributed by atoms with E-state index in [0.29, 0.717) is 0 Å². The van der Waals surface area contributed by atoms with Gasteiger partial charge in [-0.3, -0.25) is 4.99 Å². The second kappa shape index (κ2) is 1.22. The van der Waals surface area contributed by atoms with Crippen LogP contribution in [0.1, 0.15) is 0 Å². The normalized spacial score (nSPS) is 22.0. The lowest BCUT2D eigenvalue weighted by molar-refractivity contribution is 0.369. The molecule has 0 amide bonds. The van der Waals surface area contributed by atoms with Crippen molar-refractivity contribution in [3.8, 4) is 0 Å². The van der Waals surface area contributed by atoms with Crippen molar-refractivity contribution in [1.29, 1.82) is 0 Å². The van der Waals surface area contributed by atoms with Crippen LogP contribution in [0.5, 0.6) is 0 Å². The van der Waals surface area contributed by atoms with E-state index in [9.17, 15) is 0 Å². The highest BCUT2D eigenvalue weighted by Gasteiger charge is 2.13. The van der Waals surface area contributed by atoms with Gasteiger partial charge >= 0.3 is 0 Å². The number of fused-ring (bicyclic) bond motifs is 1. The van der Waals surface area contributed by atoms with Crippen LogP contribution in [-0.2, 0) is 4.74 Å². The lowest BCUT2D eigenvalue weighted by Gasteiger charge is -1.83. The van der Waals surface area contributed by atoms with Crippen LogP contribution < -0.4 is 0 Å². The summed E-state index contributed by atoms with van der Waals surface area (Å²) in [7, 11) is 0. The highest BCUT2D eigenvalue weighted by molar-refractivity contribution is 5.89. The predicted molar refractivity (Wildman–Crippen MR) is 30.0 cm³/mol. The first-order chi connectivity index (χ1) is 3.97. The third-order valence-corrected chi connectivity index (χ3v) is 1.15. The van der Waals surface area contributed by atoms with Crippen LogP contribution >= 0.6 is 0 Å². The monoisotopic (exact) mass is 106 g/mol. The molecule has 0 bridgehead atoms. The number of hydrogen-bond acceptors (Lipinski definition) is 2. The third-order valence-electron chi connectivity index (χ3n) is 1.15. The van der Waals surface area contributed by atoms with Gasteiger partial charge < -0.3 is 4.74 Å². The van der Waals surface area contributed by atoms with Gasteiger partial charge in [0.1, 0.15) is 0 Å². The Morgan fingerprint density at radius 3 is 3.25 bits per heavy atom. The molecule has 0 unspecified atom stereocenters. The number of nitrogens with zero attached hydrogens (tertiary/aromatic N) is 1. The van der Waals surface area contributed by atoms with E-state index in [1.165, 1.54) is 0 Å². The van der Waals surface area contributed by atoms with Crippen LogP contribution in [0.3, 0.4) is 0 Å². The summed E-state index contributed by atoms with van der Waals surface area (Å²) >= 11 is 0. The summed E-state index contributed by atoms with van der Waals surface area (Å²) in [5, 5.41) is 0. The number of hydrogen-bond donors (Lipinski definition) is 0. The molecule has 0 saturated heterocycles. The zero-order chi connectivity index (χ0) is 5.40. The summed E-state index contributed by atoms with van der Waals surface area (Å²) in [6, 6.07) is 0. The van der Waals surface area contributed by atoms with Crippen molar-refractivity contribution >= 4 is 6.21 Å². The summed E-state index contributed by atoms with van der Waals surface area (Å²) in [6.07, 6.45) is 5.24. The zero-order valence-corrected chi connectivity index (χ0v) is 4.16. The molecule has 0 aromatic carbocycles. The maximum absolute atomic E-state index is 4.86. The topological polar surface area (TPSA) is 21.6 Å². The molecule has 1 radical (unpaired) electrons. The first-order valence-corrected chi connectivity index (χ1v) is 2.39. The molecule has 0 fully saturated rings. The fourth-order valence-electron chi connectivity index (χ4n) is 0.725. The molecule has 0 aromatic heterocycles. The van der Waals surface area contributed by atoms with Gasteiger partial charge in [-0.25, -0.2) is 0 Å². The van der Waals surface area contributed by atoms with Gasteiger partial charge in [0, 0.05) is 23.6 Å². The van der Waals surface area contributed by atoms with E-state index < -0.39 is 0 Å². The van der Waals surface area contributed by atoms with E-state index in [-0.39, 0.29) is 0 Å². The quantitative estimate of drug-likeness (QED) is 0.452. The standard InChI is InChI=1S/C6H4NO/c1-5-3-8-4-6(5)2-7-1/h1-4H. The Kier molecular flexibility index (Phi) is 0.592. The number of aliphatic imine (C=N–C) groups is 1. The fraction of sp³-hybridized carbons (Fsp3) is 0. The van der Waals surface area contributed by atoms with Gasteiger partial charge in [-0.1, -0.05) is 0 Å². The van der Waals surface area contributed by atoms with Crippen molar-refractivity contribution in [3.05, 3.63) is 30.2 Å². The molecule has 0 N–H and O–H groups in total. The lowest BCUT2D eigenvalue weighted by atomic mass is 10.2. The molecule has 39 valence electrons. The largest absolute Gasteiger partial charge is 0.488 e. The van der Waals surface area contributed by atoms with Gasteiger partial charge in [0.2, 0.25) is 0 Å². The maximum atomic E-state index is 4.86. The van der Waals surface area contributed by atoms with Crippen molar-refractivity contribution < 1.29 is 4.74 Å². The molecule has 2 nitrogen and oxygen atoms in total. The Labute approximate surface area is 47.2 Å². The minimum Gasteiger partial charge on any atom is -0.488 e. The van der Waals surface area contributed by atoms with Crippen molar-refractivity contribution in [2.24, 2.45) is 4.99 Å². The van der Waals surface area contributed by atoms with Gasteiger partial charge in [-0.15, -0.1) is 0 Å². The molecule has 0 aromatic rings. The average Bonchev–Trinajstić information content (AvgIpc) is 2.15. The van der Waals surface area contributed by atoms with Crippen LogP contribution in [0.15, 0.2) is 28.6 Å². The van der Waals surface area contributed by atoms with E-state index in [1.54, 1.807) is 25.3 Å². The summed E-state index contributed by atoms with van der Waals surface area (Å²) in [5.74, 6) is 0. The van der Waals surface area contributed by atoms with E-state index in [0.717, 1.165) is 11.1 Å². The molecule has 8 heavy (non-hydrogen) atoms. The average molecular weight is 106 g/mol. The van der Waals surface area contributed by atoms with Crippen LogP contribution in [0.2, 0.25) is 0 Å². The molecule has 0 spiro atoms. The van der Waals surface area contributed by atoms with Crippen LogP contribution in [0.25, 0.3) is 0 Å². The van der Waals surface area contributed by atoms with Crippen molar-refractivity contribution in [2.75, 3.05) is 0 Å². The predicted octanol–water partition coefficient (Wildman–Crippen LogP) is 1.03. The molecular formula is C6H4NO. The van der Waals surface area contributed by atoms with Crippen LogP contribution in [0.4, 0.5) is 0 Å². The van der Waals surface area contributed by atoms with E-state index in [4.69, 9.17) is 4.74 Å². The highest BCUT2D eigenvalue weighted by atomic mass is 16.5. The fourth-order valence-corrected chi connectivity index (χ4v) is 0.725.